The Balaban J connectivity index is 1.46. The van der Waals surface area contributed by atoms with Crippen LogP contribution in [-0.2, 0) is 0 Å². The molecular weight excluding hydrogens is 320 g/mol. The highest BCUT2D eigenvalue weighted by Gasteiger charge is 2.32. The number of hydrogen-bond acceptors (Lipinski definition) is 4. The molecule has 126 valence electrons. The lowest BCUT2D eigenvalue weighted by molar-refractivity contribution is 0.0783. The van der Waals surface area contributed by atoms with E-state index < -0.39 is 0 Å². The summed E-state index contributed by atoms with van der Waals surface area (Å²) in [6, 6.07) is 8.17. The van der Waals surface area contributed by atoms with E-state index in [1.165, 1.54) is 12.8 Å². The van der Waals surface area contributed by atoms with Gasteiger partial charge in [-0.2, -0.15) is 0 Å². The van der Waals surface area contributed by atoms with Gasteiger partial charge in [-0.05, 0) is 37.1 Å². The van der Waals surface area contributed by atoms with E-state index in [1.54, 1.807) is 11.8 Å². The zero-order valence-corrected chi connectivity index (χ0v) is 14.7. The maximum absolute atomic E-state index is 12.9. The minimum absolute atomic E-state index is 0.136. The van der Waals surface area contributed by atoms with Crippen molar-refractivity contribution in [2.75, 3.05) is 18.8 Å². The van der Waals surface area contributed by atoms with Crippen LogP contribution in [0.4, 0.5) is 0 Å². The van der Waals surface area contributed by atoms with E-state index in [1.807, 2.05) is 33.8 Å². The van der Waals surface area contributed by atoms with Gasteiger partial charge in [0.1, 0.15) is 0 Å². The van der Waals surface area contributed by atoms with Crippen molar-refractivity contribution in [3.05, 3.63) is 41.7 Å². The van der Waals surface area contributed by atoms with Crippen molar-refractivity contribution in [3.63, 3.8) is 0 Å². The second-order valence-corrected chi connectivity index (χ2v) is 7.83. The number of thioether (sulfide) groups is 1. The van der Waals surface area contributed by atoms with Crippen molar-refractivity contribution in [3.8, 4) is 0 Å². The number of hydrogen-bond donors (Lipinski definition) is 0. The summed E-state index contributed by atoms with van der Waals surface area (Å²) in [6.07, 6.45) is 5.50. The summed E-state index contributed by atoms with van der Waals surface area (Å²) >= 11 is 1.72. The Bertz CT molecular complexity index is 740. The lowest BCUT2D eigenvalue weighted by atomic mass is 10.2. The smallest absolute Gasteiger partial charge is 0.255 e. The van der Waals surface area contributed by atoms with Gasteiger partial charge in [0, 0.05) is 30.1 Å². The molecule has 0 bridgehead atoms. The molecule has 1 aliphatic heterocycles. The van der Waals surface area contributed by atoms with E-state index in [-0.39, 0.29) is 11.9 Å². The highest BCUT2D eigenvalue weighted by atomic mass is 32.2. The molecule has 1 aliphatic carbocycles. The molecule has 1 aromatic heterocycles. The van der Waals surface area contributed by atoms with E-state index in [0.29, 0.717) is 5.92 Å². The largest absolute Gasteiger partial charge is 0.336 e. The predicted octanol–water partition coefficient (Wildman–Crippen LogP) is 3.35. The molecule has 1 unspecified atom stereocenters. The molecule has 24 heavy (non-hydrogen) atoms. The monoisotopic (exact) mass is 342 g/mol. The van der Waals surface area contributed by atoms with Crippen molar-refractivity contribution < 1.29 is 4.79 Å². The number of benzene rings is 1. The van der Waals surface area contributed by atoms with Gasteiger partial charge in [-0.1, -0.05) is 24.3 Å². The van der Waals surface area contributed by atoms with Crippen LogP contribution in [0.25, 0.3) is 0 Å². The standard InChI is InChI=1S/C18H22N4OS/c1-2-24-17-6-4-3-5-15(17)18(23)21-10-9-14(11-21)22-12-16(19-20-22)13-7-8-13/h3-6,12-14H,2,7-11H2,1H3. The fourth-order valence-corrected chi connectivity index (χ4v) is 4.07. The average Bonchev–Trinajstić information content (AvgIpc) is 3.13. The first kappa shape index (κ1) is 15.7. The second-order valence-electron chi connectivity index (χ2n) is 6.52. The van der Waals surface area contributed by atoms with E-state index >= 15 is 0 Å². The molecule has 1 amide bonds. The van der Waals surface area contributed by atoms with Crippen molar-refractivity contribution >= 4 is 17.7 Å². The summed E-state index contributed by atoms with van der Waals surface area (Å²) in [4.78, 5) is 15.9. The highest BCUT2D eigenvalue weighted by Crippen LogP contribution is 2.39. The first-order chi connectivity index (χ1) is 11.8. The Morgan fingerprint density at radius 3 is 2.92 bits per heavy atom. The molecule has 1 saturated heterocycles. The van der Waals surface area contributed by atoms with Crippen LogP contribution in [0.1, 0.15) is 54.2 Å². The Hall–Kier alpha value is -1.82. The molecule has 1 saturated carbocycles. The molecule has 1 atom stereocenters. The van der Waals surface area contributed by atoms with Crippen molar-refractivity contribution in [2.24, 2.45) is 0 Å². The van der Waals surface area contributed by atoms with Crippen molar-refractivity contribution in [2.45, 2.75) is 43.0 Å². The quantitative estimate of drug-likeness (QED) is 0.782. The maximum atomic E-state index is 12.9. The number of rotatable bonds is 5. The summed E-state index contributed by atoms with van der Waals surface area (Å²) in [5, 5.41) is 8.59. The number of likely N-dealkylation sites (tertiary alicyclic amines) is 1. The Morgan fingerprint density at radius 1 is 1.29 bits per heavy atom. The lowest BCUT2D eigenvalue weighted by Gasteiger charge is -2.18. The van der Waals surface area contributed by atoms with Gasteiger partial charge in [0.15, 0.2) is 0 Å². The molecule has 2 aromatic rings. The van der Waals surface area contributed by atoms with Crippen LogP contribution in [-0.4, -0.2) is 44.6 Å². The van der Waals surface area contributed by atoms with Crippen molar-refractivity contribution in [1.82, 2.24) is 19.9 Å². The maximum Gasteiger partial charge on any atom is 0.255 e. The SMILES string of the molecule is CCSc1ccccc1C(=O)N1CCC(n2cc(C3CC3)nn2)C1. The van der Waals surface area contributed by atoms with Gasteiger partial charge in [-0.3, -0.25) is 4.79 Å². The number of nitrogens with zero attached hydrogens (tertiary/aromatic N) is 4. The van der Waals surface area contributed by atoms with Crippen LogP contribution in [0.2, 0.25) is 0 Å². The second kappa shape index (κ2) is 6.59. The lowest BCUT2D eigenvalue weighted by Crippen LogP contribution is -2.29. The van der Waals surface area contributed by atoms with Crippen LogP contribution in [0, 0.1) is 0 Å². The van der Waals surface area contributed by atoms with Gasteiger partial charge < -0.3 is 4.90 Å². The third-order valence-electron chi connectivity index (χ3n) is 4.77. The Kier molecular flexibility index (Phi) is 4.31. The molecule has 6 heteroatoms. The topological polar surface area (TPSA) is 51.0 Å². The van der Waals surface area contributed by atoms with E-state index in [2.05, 4.69) is 23.4 Å². The summed E-state index contributed by atoms with van der Waals surface area (Å²) in [5.41, 5.74) is 1.94. The van der Waals surface area contributed by atoms with Crippen LogP contribution in [0.3, 0.4) is 0 Å². The fraction of sp³-hybridized carbons (Fsp3) is 0.500. The number of amides is 1. The van der Waals surface area contributed by atoms with Crippen LogP contribution < -0.4 is 0 Å². The number of carbonyl (C=O) groups is 1. The average molecular weight is 342 g/mol. The predicted molar refractivity (Wildman–Crippen MR) is 94.4 cm³/mol. The number of carbonyl (C=O) groups excluding carboxylic acids is 1. The number of aromatic nitrogens is 3. The van der Waals surface area contributed by atoms with Gasteiger partial charge in [-0.15, -0.1) is 16.9 Å². The summed E-state index contributed by atoms with van der Waals surface area (Å²) in [6.45, 7) is 3.62. The van der Waals surface area contributed by atoms with Crippen LogP contribution in [0.5, 0.6) is 0 Å². The normalized spacial score (nSPS) is 20.5. The minimum Gasteiger partial charge on any atom is -0.336 e. The molecular formula is C18H22N4OS. The van der Waals surface area contributed by atoms with E-state index in [0.717, 1.165) is 41.4 Å². The van der Waals surface area contributed by atoms with Gasteiger partial charge >= 0.3 is 0 Å². The van der Waals surface area contributed by atoms with Crippen LogP contribution in [0.15, 0.2) is 35.4 Å². The van der Waals surface area contributed by atoms with Gasteiger partial charge in [-0.25, -0.2) is 4.68 Å². The molecule has 4 rings (SSSR count). The zero-order valence-electron chi connectivity index (χ0n) is 13.9. The fourth-order valence-electron chi connectivity index (χ4n) is 3.27. The van der Waals surface area contributed by atoms with Crippen molar-refractivity contribution in [1.29, 1.82) is 0 Å². The third kappa shape index (κ3) is 3.07. The molecule has 0 N–H and O–H groups in total. The minimum atomic E-state index is 0.136. The first-order valence-corrected chi connectivity index (χ1v) is 9.67. The van der Waals surface area contributed by atoms with Crippen LogP contribution >= 0.6 is 11.8 Å². The molecule has 2 aliphatic rings. The third-order valence-corrected chi connectivity index (χ3v) is 5.72. The van der Waals surface area contributed by atoms with Gasteiger partial charge in [0.2, 0.25) is 0 Å². The summed E-state index contributed by atoms with van der Waals surface area (Å²) in [5.74, 6) is 1.72. The Morgan fingerprint density at radius 2 is 2.12 bits per heavy atom. The van der Waals surface area contributed by atoms with E-state index in [4.69, 9.17) is 0 Å². The van der Waals surface area contributed by atoms with Gasteiger partial charge in [0.25, 0.3) is 5.91 Å². The molecule has 2 fully saturated rings. The van der Waals surface area contributed by atoms with Gasteiger partial charge in [0.05, 0.1) is 17.3 Å². The molecule has 1 aromatic carbocycles. The molecule has 0 spiro atoms. The molecule has 5 nitrogen and oxygen atoms in total. The highest BCUT2D eigenvalue weighted by molar-refractivity contribution is 7.99. The molecule has 0 radical (unpaired) electrons. The van der Waals surface area contributed by atoms with E-state index in [9.17, 15) is 4.79 Å². The first-order valence-electron chi connectivity index (χ1n) is 8.69. The summed E-state index contributed by atoms with van der Waals surface area (Å²) < 4.78 is 1.97. The molecule has 2 heterocycles. The Labute approximate surface area is 146 Å². The summed E-state index contributed by atoms with van der Waals surface area (Å²) in [7, 11) is 0. The zero-order chi connectivity index (χ0) is 16.5.